The third-order valence-electron chi connectivity index (χ3n) is 3.65. The van der Waals surface area contributed by atoms with Crippen LogP contribution in [-0.2, 0) is 6.42 Å². The van der Waals surface area contributed by atoms with E-state index in [1.54, 1.807) is 6.07 Å². The summed E-state index contributed by atoms with van der Waals surface area (Å²) < 4.78 is 0. The largest absolute Gasteiger partial charge is 0.345 e. The number of aromatic nitrogens is 2. The molecule has 1 aromatic rings. The minimum Gasteiger partial charge on any atom is -0.345 e. The Bertz CT molecular complexity index is 449. The highest BCUT2D eigenvalue weighted by Crippen LogP contribution is 2.31. The van der Waals surface area contributed by atoms with Crippen LogP contribution >= 0.6 is 0 Å². The molecule has 18 heavy (non-hydrogen) atoms. The summed E-state index contributed by atoms with van der Waals surface area (Å²) in [5.74, 6) is -0.0741. The molecule has 0 unspecified atom stereocenters. The van der Waals surface area contributed by atoms with E-state index in [9.17, 15) is 4.79 Å². The van der Waals surface area contributed by atoms with Crippen molar-refractivity contribution >= 4 is 5.91 Å². The molecule has 0 aromatic carbocycles. The molecule has 0 bridgehead atoms. The van der Waals surface area contributed by atoms with Gasteiger partial charge in [0.15, 0.2) is 0 Å². The zero-order chi connectivity index (χ0) is 13.2. The van der Waals surface area contributed by atoms with E-state index in [-0.39, 0.29) is 11.4 Å². The standard InChI is InChI=1S/C13H20N4O/c1-3-11-10(7-9(2)16-17-11)12(18)15-13(8-14)5-4-6-13/h7H,3-6,8,14H2,1-2H3,(H,15,18). The molecule has 5 heteroatoms. The lowest BCUT2D eigenvalue weighted by Gasteiger charge is -2.41. The van der Waals surface area contributed by atoms with Gasteiger partial charge in [0.05, 0.1) is 22.5 Å². The Balaban J connectivity index is 2.20. The fraction of sp³-hybridized carbons (Fsp3) is 0.615. The van der Waals surface area contributed by atoms with E-state index in [0.717, 1.165) is 30.7 Å². The highest BCUT2D eigenvalue weighted by Gasteiger charge is 2.37. The first-order valence-corrected chi connectivity index (χ1v) is 6.46. The molecular formula is C13H20N4O. The molecule has 0 radical (unpaired) electrons. The van der Waals surface area contributed by atoms with Crippen molar-refractivity contribution < 1.29 is 4.79 Å². The second-order valence-corrected chi connectivity index (χ2v) is 4.99. The number of nitrogens with two attached hydrogens (primary N) is 1. The van der Waals surface area contributed by atoms with Gasteiger partial charge in [-0.3, -0.25) is 4.79 Å². The smallest absolute Gasteiger partial charge is 0.253 e. The average Bonchev–Trinajstić information content (AvgIpc) is 2.33. The molecular weight excluding hydrogens is 228 g/mol. The van der Waals surface area contributed by atoms with Crippen LogP contribution < -0.4 is 11.1 Å². The molecule has 1 saturated carbocycles. The predicted molar refractivity (Wildman–Crippen MR) is 69.2 cm³/mol. The van der Waals surface area contributed by atoms with Gasteiger partial charge in [0.25, 0.3) is 5.91 Å². The van der Waals surface area contributed by atoms with Crippen LogP contribution in [0.5, 0.6) is 0 Å². The van der Waals surface area contributed by atoms with Crippen LogP contribution in [0.1, 0.15) is 47.9 Å². The highest BCUT2D eigenvalue weighted by molar-refractivity contribution is 5.95. The molecule has 1 aliphatic rings. The Labute approximate surface area is 107 Å². The molecule has 98 valence electrons. The summed E-state index contributed by atoms with van der Waals surface area (Å²) >= 11 is 0. The van der Waals surface area contributed by atoms with Gasteiger partial charge < -0.3 is 11.1 Å². The van der Waals surface area contributed by atoms with Crippen LogP contribution in [0.15, 0.2) is 6.07 Å². The number of hydrogen-bond acceptors (Lipinski definition) is 4. The van der Waals surface area contributed by atoms with E-state index in [4.69, 9.17) is 5.73 Å². The number of carbonyl (C=O) groups is 1. The molecule has 0 spiro atoms. The van der Waals surface area contributed by atoms with Crippen molar-refractivity contribution in [2.24, 2.45) is 5.73 Å². The maximum atomic E-state index is 12.3. The molecule has 1 amide bonds. The Morgan fingerprint density at radius 3 is 2.72 bits per heavy atom. The normalized spacial score (nSPS) is 17.1. The van der Waals surface area contributed by atoms with Crippen LogP contribution in [-0.4, -0.2) is 28.2 Å². The Morgan fingerprint density at radius 1 is 1.50 bits per heavy atom. The summed E-state index contributed by atoms with van der Waals surface area (Å²) in [5.41, 5.74) is 7.68. The number of nitrogens with zero attached hydrogens (tertiary/aromatic N) is 2. The van der Waals surface area contributed by atoms with Crippen LogP contribution in [0, 0.1) is 6.92 Å². The summed E-state index contributed by atoms with van der Waals surface area (Å²) in [6, 6.07) is 1.80. The number of carbonyl (C=O) groups excluding carboxylic acids is 1. The topological polar surface area (TPSA) is 80.9 Å². The molecule has 0 atom stereocenters. The first kappa shape index (κ1) is 13.0. The predicted octanol–water partition coefficient (Wildman–Crippen LogP) is 0.959. The van der Waals surface area contributed by atoms with Gasteiger partial charge in [-0.15, -0.1) is 0 Å². The third-order valence-corrected chi connectivity index (χ3v) is 3.65. The number of rotatable bonds is 4. The zero-order valence-electron chi connectivity index (χ0n) is 11.0. The SMILES string of the molecule is CCc1nnc(C)cc1C(=O)NC1(CN)CCC1. The monoisotopic (exact) mass is 248 g/mol. The van der Waals surface area contributed by atoms with Gasteiger partial charge in [-0.05, 0) is 38.7 Å². The summed E-state index contributed by atoms with van der Waals surface area (Å²) in [5, 5.41) is 11.1. The van der Waals surface area contributed by atoms with Crippen molar-refractivity contribution in [1.29, 1.82) is 0 Å². The molecule has 0 aliphatic heterocycles. The summed E-state index contributed by atoms with van der Waals surface area (Å²) in [4.78, 5) is 12.3. The lowest BCUT2D eigenvalue weighted by Crippen LogP contribution is -2.58. The summed E-state index contributed by atoms with van der Waals surface area (Å²) in [6.07, 6.45) is 3.76. The maximum Gasteiger partial charge on any atom is 0.253 e. The molecule has 5 nitrogen and oxygen atoms in total. The van der Waals surface area contributed by atoms with Gasteiger partial charge in [-0.2, -0.15) is 10.2 Å². The van der Waals surface area contributed by atoms with Gasteiger partial charge >= 0.3 is 0 Å². The van der Waals surface area contributed by atoms with Crippen LogP contribution in [0.4, 0.5) is 0 Å². The molecule has 1 heterocycles. The lowest BCUT2D eigenvalue weighted by atomic mass is 9.76. The van der Waals surface area contributed by atoms with Gasteiger partial charge in [-0.25, -0.2) is 0 Å². The second-order valence-electron chi connectivity index (χ2n) is 4.99. The Morgan fingerprint density at radius 2 is 2.22 bits per heavy atom. The van der Waals surface area contributed by atoms with Crippen LogP contribution in [0.25, 0.3) is 0 Å². The van der Waals surface area contributed by atoms with Crippen molar-refractivity contribution in [2.75, 3.05) is 6.54 Å². The Kier molecular flexibility index (Phi) is 3.61. The van der Waals surface area contributed by atoms with Gasteiger partial charge in [-0.1, -0.05) is 6.92 Å². The molecule has 3 N–H and O–H groups in total. The number of nitrogens with one attached hydrogen (secondary N) is 1. The van der Waals surface area contributed by atoms with Gasteiger partial charge in [0.1, 0.15) is 0 Å². The van der Waals surface area contributed by atoms with Crippen molar-refractivity contribution in [3.05, 3.63) is 23.0 Å². The number of aryl methyl sites for hydroxylation is 2. The molecule has 0 saturated heterocycles. The first-order chi connectivity index (χ1) is 8.60. The molecule has 1 fully saturated rings. The molecule has 2 rings (SSSR count). The fourth-order valence-corrected chi connectivity index (χ4v) is 2.26. The zero-order valence-corrected chi connectivity index (χ0v) is 11.0. The summed E-state index contributed by atoms with van der Waals surface area (Å²) in [7, 11) is 0. The van der Waals surface area contributed by atoms with E-state index in [0.29, 0.717) is 18.5 Å². The maximum absolute atomic E-state index is 12.3. The van der Waals surface area contributed by atoms with Crippen molar-refractivity contribution in [2.45, 2.75) is 45.1 Å². The van der Waals surface area contributed by atoms with Crippen molar-refractivity contribution in [3.63, 3.8) is 0 Å². The molecule has 1 aliphatic carbocycles. The summed E-state index contributed by atoms with van der Waals surface area (Å²) in [6.45, 7) is 4.31. The van der Waals surface area contributed by atoms with E-state index in [1.807, 2.05) is 13.8 Å². The van der Waals surface area contributed by atoms with Crippen molar-refractivity contribution in [3.8, 4) is 0 Å². The second kappa shape index (κ2) is 5.02. The van der Waals surface area contributed by atoms with E-state index < -0.39 is 0 Å². The molecule has 1 aromatic heterocycles. The lowest BCUT2D eigenvalue weighted by molar-refractivity contribution is 0.0835. The van der Waals surface area contributed by atoms with Gasteiger partial charge in [0, 0.05) is 6.54 Å². The van der Waals surface area contributed by atoms with E-state index in [1.165, 1.54) is 0 Å². The first-order valence-electron chi connectivity index (χ1n) is 6.46. The minimum absolute atomic E-state index is 0.0741. The van der Waals surface area contributed by atoms with Crippen molar-refractivity contribution in [1.82, 2.24) is 15.5 Å². The fourth-order valence-electron chi connectivity index (χ4n) is 2.26. The van der Waals surface area contributed by atoms with E-state index >= 15 is 0 Å². The van der Waals surface area contributed by atoms with Crippen LogP contribution in [0.3, 0.4) is 0 Å². The average molecular weight is 248 g/mol. The number of amides is 1. The Hall–Kier alpha value is -1.49. The number of hydrogen-bond donors (Lipinski definition) is 2. The third kappa shape index (κ3) is 2.36. The minimum atomic E-state index is -0.195. The van der Waals surface area contributed by atoms with E-state index in [2.05, 4.69) is 15.5 Å². The van der Waals surface area contributed by atoms with Gasteiger partial charge in [0.2, 0.25) is 0 Å². The highest BCUT2D eigenvalue weighted by atomic mass is 16.1. The van der Waals surface area contributed by atoms with Crippen LogP contribution in [0.2, 0.25) is 0 Å². The quantitative estimate of drug-likeness (QED) is 0.831.